The van der Waals surface area contributed by atoms with Gasteiger partial charge in [0, 0.05) is 5.02 Å². The topological polar surface area (TPSA) is 58.2 Å². The van der Waals surface area contributed by atoms with Crippen molar-refractivity contribution in [1.29, 1.82) is 0 Å². The summed E-state index contributed by atoms with van der Waals surface area (Å²) in [6, 6.07) is 15.5. The van der Waals surface area contributed by atoms with Crippen LogP contribution in [-0.4, -0.2) is 11.9 Å². The molecule has 3 amide bonds. The Hall–Kier alpha value is -2.33. The molecule has 3 rings (SSSR count). The van der Waals surface area contributed by atoms with Gasteiger partial charge in [0.1, 0.15) is 0 Å². The van der Waals surface area contributed by atoms with E-state index in [1.54, 1.807) is 36.4 Å². The summed E-state index contributed by atoms with van der Waals surface area (Å²) in [5.74, 6) is -0.393. The highest BCUT2D eigenvalue weighted by Crippen LogP contribution is 2.33. The van der Waals surface area contributed by atoms with Gasteiger partial charge in [-0.25, -0.2) is 4.79 Å². The largest absolute Gasteiger partial charge is 0.322 e. The normalized spacial score (nSPS) is 21.4. The smallest absolute Gasteiger partial charge is 0.316 e. The fourth-order valence-electron chi connectivity index (χ4n) is 2.42. The van der Waals surface area contributed by atoms with Gasteiger partial charge in [-0.2, -0.15) is 0 Å². The van der Waals surface area contributed by atoms with E-state index < -0.39 is 17.5 Å². The standard InChI is InChI=1S/C15H11ClN2O2/c16-12-8-6-11(7-9-12)15(10-4-2-1-3-5-10)13(19)17-14(20)18-15/h1-9H,(H2,17,18,19,20)/t15-/m0/s1. The first-order valence-corrected chi connectivity index (χ1v) is 6.46. The van der Waals surface area contributed by atoms with E-state index in [2.05, 4.69) is 10.6 Å². The third-order valence-corrected chi connectivity index (χ3v) is 3.60. The van der Waals surface area contributed by atoms with Crippen molar-refractivity contribution in [2.45, 2.75) is 5.54 Å². The molecule has 0 bridgehead atoms. The van der Waals surface area contributed by atoms with Crippen LogP contribution in [0, 0.1) is 0 Å². The molecule has 0 spiro atoms. The highest BCUT2D eigenvalue weighted by atomic mass is 35.5. The lowest BCUT2D eigenvalue weighted by molar-refractivity contribution is -0.122. The van der Waals surface area contributed by atoms with Crippen molar-refractivity contribution >= 4 is 23.5 Å². The van der Waals surface area contributed by atoms with Crippen LogP contribution < -0.4 is 10.6 Å². The van der Waals surface area contributed by atoms with Crippen molar-refractivity contribution in [1.82, 2.24) is 10.6 Å². The maximum Gasteiger partial charge on any atom is 0.322 e. The molecular formula is C15H11ClN2O2. The summed E-state index contributed by atoms with van der Waals surface area (Å²) in [6.45, 7) is 0. The summed E-state index contributed by atoms with van der Waals surface area (Å²) in [5, 5.41) is 5.59. The third-order valence-electron chi connectivity index (χ3n) is 3.35. The van der Waals surface area contributed by atoms with Gasteiger partial charge in [0.25, 0.3) is 5.91 Å². The van der Waals surface area contributed by atoms with Crippen molar-refractivity contribution in [3.05, 3.63) is 70.7 Å². The Kier molecular flexibility index (Phi) is 2.95. The molecule has 1 aliphatic rings. The minimum atomic E-state index is -1.21. The molecule has 100 valence electrons. The molecule has 5 heteroatoms. The van der Waals surface area contributed by atoms with Gasteiger partial charge in [-0.1, -0.05) is 54.1 Å². The van der Waals surface area contributed by atoms with Gasteiger partial charge >= 0.3 is 6.03 Å². The molecule has 1 atom stereocenters. The second kappa shape index (κ2) is 4.65. The van der Waals surface area contributed by atoms with E-state index in [4.69, 9.17) is 11.6 Å². The lowest BCUT2D eigenvalue weighted by Gasteiger charge is -2.27. The zero-order valence-corrected chi connectivity index (χ0v) is 11.1. The molecule has 1 aliphatic heterocycles. The fourth-order valence-corrected chi connectivity index (χ4v) is 2.54. The molecular weight excluding hydrogens is 276 g/mol. The van der Waals surface area contributed by atoms with Crippen LogP contribution >= 0.6 is 11.6 Å². The Balaban J connectivity index is 2.21. The average Bonchev–Trinajstić information content (AvgIpc) is 2.76. The number of hydrogen-bond acceptors (Lipinski definition) is 2. The first-order chi connectivity index (χ1) is 9.63. The van der Waals surface area contributed by atoms with Crippen LogP contribution in [0.25, 0.3) is 0 Å². The number of urea groups is 1. The predicted octanol–water partition coefficient (Wildman–Crippen LogP) is 2.42. The van der Waals surface area contributed by atoms with E-state index >= 15 is 0 Å². The van der Waals surface area contributed by atoms with Gasteiger partial charge in [-0.05, 0) is 23.3 Å². The van der Waals surface area contributed by atoms with Gasteiger partial charge in [0.05, 0.1) is 0 Å². The Morgan fingerprint density at radius 1 is 0.850 bits per heavy atom. The van der Waals surface area contributed by atoms with Crippen LogP contribution in [0.2, 0.25) is 5.02 Å². The molecule has 1 saturated heterocycles. The quantitative estimate of drug-likeness (QED) is 0.833. The first kappa shape index (κ1) is 12.7. The van der Waals surface area contributed by atoms with Crippen LogP contribution in [0.3, 0.4) is 0 Å². The summed E-state index contributed by atoms with van der Waals surface area (Å²) in [4.78, 5) is 24.0. The lowest BCUT2D eigenvalue weighted by atomic mass is 9.83. The van der Waals surface area contributed by atoms with Gasteiger partial charge in [-0.15, -0.1) is 0 Å². The zero-order valence-electron chi connectivity index (χ0n) is 10.4. The Bertz CT molecular complexity index is 670. The molecule has 2 N–H and O–H groups in total. The number of benzene rings is 2. The van der Waals surface area contributed by atoms with Crippen LogP contribution in [0.1, 0.15) is 11.1 Å². The van der Waals surface area contributed by atoms with Crippen molar-refractivity contribution < 1.29 is 9.59 Å². The van der Waals surface area contributed by atoms with Crippen LogP contribution in [0.4, 0.5) is 4.79 Å². The molecule has 0 saturated carbocycles. The van der Waals surface area contributed by atoms with E-state index in [-0.39, 0.29) is 0 Å². The number of halogens is 1. The monoisotopic (exact) mass is 286 g/mol. The van der Waals surface area contributed by atoms with Gasteiger partial charge in [0.15, 0.2) is 5.54 Å². The number of carbonyl (C=O) groups is 2. The van der Waals surface area contributed by atoms with E-state index in [1.807, 2.05) is 18.2 Å². The summed E-state index contributed by atoms with van der Waals surface area (Å²) >= 11 is 5.89. The number of rotatable bonds is 2. The number of imide groups is 1. The summed E-state index contributed by atoms with van der Waals surface area (Å²) in [5.41, 5.74) is 0.158. The molecule has 0 radical (unpaired) electrons. The van der Waals surface area contributed by atoms with Crippen molar-refractivity contribution in [3.8, 4) is 0 Å². The van der Waals surface area contributed by atoms with Gasteiger partial charge in [0.2, 0.25) is 0 Å². The zero-order chi connectivity index (χ0) is 14.2. The molecule has 20 heavy (non-hydrogen) atoms. The first-order valence-electron chi connectivity index (χ1n) is 6.08. The average molecular weight is 287 g/mol. The molecule has 1 fully saturated rings. The molecule has 1 heterocycles. The van der Waals surface area contributed by atoms with Crippen molar-refractivity contribution in [2.24, 2.45) is 0 Å². The molecule has 2 aromatic rings. The molecule has 0 aliphatic carbocycles. The molecule has 2 aromatic carbocycles. The van der Waals surface area contributed by atoms with E-state index in [0.717, 1.165) is 0 Å². The number of hydrogen-bond donors (Lipinski definition) is 2. The predicted molar refractivity (Wildman–Crippen MR) is 75.3 cm³/mol. The fraction of sp³-hybridized carbons (Fsp3) is 0.0667. The molecule has 0 aromatic heterocycles. The highest BCUT2D eigenvalue weighted by molar-refractivity contribution is 6.30. The van der Waals surface area contributed by atoms with Crippen molar-refractivity contribution in [2.75, 3.05) is 0 Å². The molecule has 0 unspecified atom stereocenters. The van der Waals surface area contributed by atoms with Gasteiger partial charge < -0.3 is 5.32 Å². The minimum absolute atomic E-state index is 0.393. The third kappa shape index (κ3) is 1.85. The summed E-state index contributed by atoms with van der Waals surface area (Å²) < 4.78 is 0. The Morgan fingerprint density at radius 3 is 2.00 bits per heavy atom. The minimum Gasteiger partial charge on any atom is -0.316 e. The van der Waals surface area contributed by atoms with Crippen molar-refractivity contribution in [3.63, 3.8) is 0 Å². The van der Waals surface area contributed by atoms with E-state index in [1.165, 1.54) is 0 Å². The van der Waals surface area contributed by atoms with Gasteiger partial charge in [-0.3, -0.25) is 10.1 Å². The number of carbonyl (C=O) groups excluding carboxylic acids is 2. The lowest BCUT2D eigenvalue weighted by Crippen LogP contribution is -2.44. The van der Waals surface area contributed by atoms with Crippen LogP contribution in [-0.2, 0) is 10.3 Å². The number of nitrogens with one attached hydrogen (secondary N) is 2. The second-order valence-electron chi connectivity index (χ2n) is 4.53. The van der Waals surface area contributed by atoms with E-state index in [9.17, 15) is 9.59 Å². The highest BCUT2D eigenvalue weighted by Gasteiger charge is 2.49. The Morgan fingerprint density at radius 2 is 1.45 bits per heavy atom. The van der Waals surface area contributed by atoms with Crippen LogP contribution in [0.15, 0.2) is 54.6 Å². The number of amides is 3. The second-order valence-corrected chi connectivity index (χ2v) is 4.97. The Labute approximate surface area is 120 Å². The summed E-state index contributed by atoms with van der Waals surface area (Å²) in [6.07, 6.45) is 0. The van der Waals surface area contributed by atoms with E-state index in [0.29, 0.717) is 16.1 Å². The maximum absolute atomic E-state index is 12.4. The van der Waals surface area contributed by atoms with Crippen LogP contribution in [0.5, 0.6) is 0 Å². The summed E-state index contributed by atoms with van der Waals surface area (Å²) in [7, 11) is 0. The maximum atomic E-state index is 12.4. The molecule has 4 nitrogen and oxygen atoms in total. The SMILES string of the molecule is O=C1NC(=O)[C@](c2ccccc2)(c2ccc(Cl)cc2)N1.